The Hall–Kier alpha value is -0.710. The molecule has 0 spiro atoms. The third kappa shape index (κ3) is 3.13. The molecule has 4 nitrogen and oxygen atoms in total. The van der Waals surface area contributed by atoms with Gasteiger partial charge in [0.25, 0.3) is 0 Å². The maximum atomic E-state index is 12.7. The molecule has 0 radical (unpaired) electrons. The molecule has 1 N–H and O–H groups in total. The molecule has 0 bridgehead atoms. The summed E-state index contributed by atoms with van der Waals surface area (Å²) in [5, 5.41) is 2.94. The van der Waals surface area contributed by atoms with E-state index in [0.717, 1.165) is 12.2 Å². The zero-order chi connectivity index (χ0) is 15.3. The van der Waals surface area contributed by atoms with E-state index in [-0.39, 0.29) is 23.8 Å². The number of nitrogens with one attached hydrogen (secondary N) is 1. The molecule has 0 aromatic carbocycles. The predicted octanol–water partition coefficient (Wildman–Crippen LogP) is 2.28. The van der Waals surface area contributed by atoms with Crippen molar-refractivity contribution in [3.63, 3.8) is 0 Å². The van der Waals surface area contributed by atoms with Gasteiger partial charge in [0.2, 0.25) is 11.8 Å². The van der Waals surface area contributed by atoms with Crippen molar-refractivity contribution in [1.82, 2.24) is 10.2 Å². The highest BCUT2D eigenvalue weighted by molar-refractivity contribution is 7.98. The van der Waals surface area contributed by atoms with Crippen molar-refractivity contribution in [1.29, 1.82) is 0 Å². The number of carbonyl (C=O) groups excluding carboxylic acids is 2. The van der Waals surface area contributed by atoms with Crippen molar-refractivity contribution in [2.45, 2.75) is 58.5 Å². The number of rotatable bonds is 7. The van der Waals surface area contributed by atoms with E-state index in [2.05, 4.69) is 11.6 Å². The molecule has 2 amide bonds. The minimum atomic E-state index is -0.652. The standard InChI is InChI=1S/C15H28N2O2S/c1-6-15(7-2)14(19)16-12(11(3)4)13(18)17(15)9-8-10-20-5/h11-12H,6-10H2,1-5H3,(H,16,19). The Morgan fingerprint density at radius 1 is 1.30 bits per heavy atom. The molecule has 1 unspecified atom stereocenters. The monoisotopic (exact) mass is 300 g/mol. The highest BCUT2D eigenvalue weighted by Gasteiger charge is 2.50. The Bertz CT molecular complexity index is 354. The van der Waals surface area contributed by atoms with Crippen LogP contribution in [0.15, 0.2) is 0 Å². The van der Waals surface area contributed by atoms with Crippen molar-refractivity contribution in [3.8, 4) is 0 Å². The van der Waals surface area contributed by atoms with Gasteiger partial charge in [0.15, 0.2) is 0 Å². The summed E-state index contributed by atoms with van der Waals surface area (Å²) >= 11 is 1.78. The zero-order valence-corrected chi connectivity index (χ0v) is 14.2. The fraction of sp³-hybridized carbons (Fsp3) is 0.867. The zero-order valence-electron chi connectivity index (χ0n) is 13.4. The molecule has 0 aliphatic carbocycles. The molecule has 0 aromatic rings. The lowest BCUT2D eigenvalue weighted by atomic mass is 9.84. The summed E-state index contributed by atoms with van der Waals surface area (Å²) < 4.78 is 0. The maximum Gasteiger partial charge on any atom is 0.246 e. The Labute approximate surface area is 127 Å². The lowest BCUT2D eigenvalue weighted by molar-refractivity contribution is -0.159. The van der Waals surface area contributed by atoms with Gasteiger partial charge in [-0.2, -0.15) is 11.8 Å². The first-order valence-corrected chi connectivity index (χ1v) is 8.95. The van der Waals surface area contributed by atoms with E-state index in [0.29, 0.717) is 19.4 Å². The average molecular weight is 300 g/mol. The lowest BCUT2D eigenvalue weighted by Gasteiger charge is -2.48. The van der Waals surface area contributed by atoms with Crippen LogP contribution in [-0.4, -0.2) is 46.8 Å². The van der Waals surface area contributed by atoms with E-state index in [9.17, 15) is 9.59 Å². The van der Waals surface area contributed by atoms with E-state index >= 15 is 0 Å². The van der Waals surface area contributed by atoms with Crippen LogP contribution >= 0.6 is 11.8 Å². The van der Waals surface area contributed by atoms with Gasteiger partial charge in [0.1, 0.15) is 11.6 Å². The van der Waals surface area contributed by atoms with E-state index in [1.54, 1.807) is 11.8 Å². The molecule has 0 aromatic heterocycles. The van der Waals surface area contributed by atoms with Crippen LogP contribution in [0.1, 0.15) is 47.0 Å². The second-order valence-corrected chi connectivity index (χ2v) is 6.76. The van der Waals surface area contributed by atoms with Gasteiger partial charge in [0, 0.05) is 6.54 Å². The van der Waals surface area contributed by atoms with Crippen LogP contribution in [0.4, 0.5) is 0 Å². The van der Waals surface area contributed by atoms with Crippen molar-refractivity contribution in [3.05, 3.63) is 0 Å². The molecule has 1 fully saturated rings. The van der Waals surface area contributed by atoms with Gasteiger partial charge in [0.05, 0.1) is 0 Å². The minimum Gasteiger partial charge on any atom is -0.342 e. The van der Waals surface area contributed by atoms with Crippen LogP contribution in [0.25, 0.3) is 0 Å². The largest absolute Gasteiger partial charge is 0.342 e. The summed E-state index contributed by atoms with van der Waals surface area (Å²) in [5.74, 6) is 1.25. The first kappa shape index (κ1) is 17.3. The number of carbonyl (C=O) groups is 2. The van der Waals surface area contributed by atoms with Gasteiger partial charge in [-0.1, -0.05) is 27.7 Å². The van der Waals surface area contributed by atoms with E-state index in [4.69, 9.17) is 0 Å². The molecule has 116 valence electrons. The first-order valence-electron chi connectivity index (χ1n) is 7.56. The molecule has 1 rings (SSSR count). The highest BCUT2D eigenvalue weighted by atomic mass is 32.2. The molecular formula is C15H28N2O2S. The fourth-order valence-corrected chi connectivity index (χ4v) is 3.35. The van der Waals surface area contributed by atoms with Gasteiger partial charge in [-0.05, 0) is 37.2 Å². The predicted molar refractivity (Wildman–Crippen MR) is 84.8 cm³/mol. The van der Waals surface area contributed by atoms with Crippen molar-refractivity contribution < 1.29 is 9.59 Å². The minimum absolute atomic E-state index is 0.0185. The van der Waals surface area contributed by atoms with E-state index in [1.807, 2.05) is 32.6 Å². The first-order chi connectivity index (χ1) is 9.44. The van der Waals surface area contributed by atoms with E-state index in [1.165, 1.54) is 0 Å². The molecule has 1 heterocycles. The Morgan fingerprint density at radius 2 is 1.90 bits per heavy atom. The van der Waals surface area contributed by atoms with Crippen LogP contribution in [0.5, 0.6) is 0 Å². The van der Waals surface area contributed by atoms with Gasteiger partial charge in [-0.15, -0.1) is 0 Å². The normalized spacial score (nSPS) is 22.3. The quantitative estimate of drug-likeness (QED) is 0.734. The molecular weight excluding hydrogens is 272 g/mol. The number of hydrogen-bond donors (Lipinski definition) is 1. The summed E-state index contributed by atoms with van der Waals surface area (Å²) in [6.45, 7) is 8.63. The number of hydrogen-bond acceptors (Lipinski definition) is 3. The summed E-state index contributed by atoms with van der Waals surface area (Å²) in [7, 11) is 0. The van der Waals surface area contributed by atoms with Crippen LogP contribution in [0.3, 0.4) is 0 Å². The van der Waals surface area contributed by atoms with Crippen molar-refractivity contribution in [2.24, 2.45) is 5.92 Å². The van der Waals surface area contributed by atoms with Gasteiger partial charge < -0.3 is 10.2 Å². The van der Waals surface area contributed by atoms with Crippen LogP contribution < -0.4 is 5.32 Å². The fourth-order valence-electron chi connectivity index (χ4n) is 2.93. The molecule has 20 heavy (non-hydrogen) atoms. The second-order valence-electron chi connectivity index (χ2n) is 5.77. The second kappa shape index (κ2) is 7.34. The summed E-state index contributed by atoms with van der Waals surface area (Å²) in [4.78, 5) is 27.2. The van der Waals surface area contributed by atoms with Crippen LogP contribution in [0, 0.1) is 5.92 Å². The number of piperazine rings is 1. The van der Waals surface area contributed by atoms with Crippen LogP contribution in [-0.2, 0) is 9.59 Å². The molecule has 1 aliphatic rings. The average Bonchev–Trinajstić information content (AvgIpc) is 2.42. The highest BCUT2D eigenvalue weighted by Crippen LogP contribution is 2.30. The van der Waals surface area contributed by atoms with Gasteiger partial charge in [-0.25, -0.2) is 0 Å². The Morgan fingerprint density at radius 3 is 2.35 bits per heavy atom. The summed E-state index contributed by atoms with van der Waals surface area (Å²) in [5.41, 5.74) is -0.652. The van der Waals surface area contributed by atoms with E-state index < -0.39 is 5.54 Å². The molecule has 5 heteroatoms. The molecule has 1 atom stereocenters. The Balaban J connectivity index is 3.03. The van der Waals surface area contributed by atoms with Gasteiger partial charge in [-0.3, -0.25) is 9.59 Å². The summed E-state index contributed by atoms with van der Waals surface area (Å²) in [6.07, 6.45) is 4.34. The smallest absolute Gasteiger partial charge is 0.246 e. The number of nitrogens with zero attached hydrogens (tertiary/aromatic N) is 1. The lowest BCUT2D eigenvalue weighted by Crippen LogP contribution is -2.71. The number of thioether (sulfide) groups is 1. The SMILES string of the molecule is CCC1(CC)C(=O)NC(C(C)C)C(=O)N1CCCSC. The third-order valence-electron chi connectivity index (χ3n) is 4.32. The third-order valence-corrected chi connectivity index (χ3v) is 5.02. The molecule has 0 saturated carbocycles. The van der Waals surface area contributed by atoms with Crippen LogP contribution in [0.2, 0.25) is 0 Å². The number of amides is 2. The van der Waals surface area contributed by atoms with Crippen molar-refractivity contribution >= 4 is 23.6 Å². The summed E-state index contributed by atoms with van der Waals surface area (Å²) in [6, 6.07) is -0.372. The molecule has 1 aliphatic heterocycles. The van der Waals surface area contributed by atoms with Crippen molar-refractivity contribution in [2.75, 3.05) is 18.6 Å². The Kier molecular flexibility index (Phi) is 6.37. The van der Waals surface area contributed by atoms with Gasteiger partial charge >= 0.3 is 0 Å². The topological polar surface area (TPSA) is 49.4 Å². The maximum absolute atomic E-state index is 12.7. The molecule has 1 saturated heterocycles.